The molecule has 0 saturated carbocycles. The molecule has 2 amide bonds. The summed E-state index contributed by atoms with van der Waals surface area (Å²) in [6, 6.07) is -0.253. The second-order valence-electron chi connectivity index (χ2n) is 3.09. The monoisotopic (exact) mass is 159 g/mol. The third-order valence-corrected chi connectivity index (χ3v) is 1.95. The predicted molar refractivity (Wildman–Crippen MR) is 44.9 cm³/mol. The minimum Gasteiger partial charge on any atom is -0.340 e. The van der Waals surface area contributed by atoms with Crippen molar-refractivity contribution in [3.63, 3.8) is 0 Å². The van der Waals surface area contributed by atoms with E-state index in [1.807, 2.05) is 20.8 Å². The van der Waals surface area contributed by atoms with E-state index >= 15 is 0 Å². The lowest BCUT2D eigenvalue weighted by Crippen LogP contribution is -2.55. The van der Waals surface area contributed by atoms with Crippen LogP contribution in [0.15, 0.2) is 0 Å². The third kappa shape index (κ3) is 2.38. The fraction of sp³-hybridized carbons (Fsp3) is 0.857. The van der Waals surface area contributed by atoms with Gasteiger partial charge in [0.15, 0.2) is 0 Å². The lowest BCUT2D eigenvalue weighted by Gasteiger charge is -2.33. The van der Waals surface area contributed by atoms with Crippen LogP contribution in [0.25, 0.3) is 0 Å². The number of nitrogens with two attached hydrogens (primary N) is 1. The molecular weight excluding hydrogens is 142 g/mol. The lowest BCUT2D eigenvalue weighted by atomic mass is 10.0. The number of nitrogens with zero attached hydrogens (tertiary/aromatic N) is 1. The van der Waals surface area contributed by atoms with E-state index in [1.165, 1.54) is 5.01 Å². The summed E-state index contributed by atoms with van der Waals surface area (Å²) in [5.41, 5.74) is -0.278. The van der Waals surface area contributed by atoms with E-state index in [9.17, 15) is 4.79 Å². The smallest absolute Gasteiger partial charge is 0.331 e. The first-order valence-electron chi connectivity index (χ1n) is 3.72. The zero-order chi connectivity index (χ0) is 9.07. The van der Waals surface area contributed by atoms with Gasteiger partial charge in [-0.15, -0.1) is 0 Å². The molecule has 11 heavy (non-hydrogen) atoms. The summed E-state index contributed by atoms with van der Waals surface area (Å²) in [6.45, 7) is 5.83. The minimum atomic E-state index is -0.278. The van der Waals surface area contributed by atoms with Gasteiger partial charge >= 0.3 is 6.03 Å². The van der Waals surface area contributed by atoms with Crippen molar-refractivity contribution in [1.82, 2.24) is 10.3 Å². The number of amides is 2. The molecule has 3 N–H and O–H groups in total. The molecule has 0 aromatic heterocycles. The Hall–Kier alpha value is -0.770. The maximum Gasteiger partial charge on any atom is 0.331 e. The summed E-state index contributed by atoms with van der Waals surface area (Å²) in [5.74, 6) is 5.54. The molecule has 0 aliphatic rings. The van der Waals surface area contributed by atoms with E-state index in [2.05, 4.69) is 5.32 Å². The number of hydrazine groups is 1. The number of nitrogens with one attached hydrogen (secondary N) is 1. The number of carbonyl (C=O) groups excluding carboxylic acids is 1. The fourth-order valence-corrected chi connectivity index (χ4v) is 0.566. The van der Waals surface area contributed by atoms with Crippen molar-refractivity contribution in [2.75, 3.05) is 7.05 Å². The normalized spacial score (nSPS) is 11.0. The average Bonchev–Trinajstić information content (AvgIpc) is 2.01. The molecule has 0 aliphatic heterocycles. The van der Waals surface area contributed by atoms with Gasteiger partial charge in [0.05, 0.1) is 5.54 Å². The van der Waals surface area contributed by atoms with E-state index in [0.29, 0.717) is 0 Å². The standard InChI is InChI=1S/C7H17N3O/c1-5-7(2,3)10(8)6(11)9-4/h5,8H2,1-4H3,(H,9,11). The average molecular weight is 159 g/mol. The molecule has 0 bridgehead atoms. The Morgan fingerprint density at radius 1 is 1.64 bits per heavy atom. The molecule has 0 atom stereocenters. The molecule has 0 spiro atoms. The highest BCUT2D eigenvalue weighted by Gasteiger charge is 2.25. The van der Waals surface area contributed by atoms with Gasteiger partial charge in [-0.3, -0.25) is 5.01 Å². The summed E-state index contributed by atoms with van der Waals surface area (Å²) in [6.07, 6.45) is 0.830. The molecule has 0 fully saturated rings. The maximum absolute atomic E-state index is 11.0. The number of carbonyl (C=O) groups is 1. The van der Waals surface area contributed by atoms with Gasteiger partial charge in [0, 0.05) is 7.05 Å². The predicted octanol–water partition coefficient (Wildman–Crippen LogP) is 0.690. The van der Waals surface area contributed by atoms with Crippen molar-refractivity contribution in [3.8, 4) is 0 Å². The Balaban J connectivity index is 4.22. The first-order chi connectivity index (χ1) is 4.95. The molecule has 0 aromatic carbocycles. The number of urea groups is 1. The number of rotatable bonds is 2. The van der Waals surface area contributed by atoms with E-state index in [-0.39, 0.29) is 11.6 Å². The zero-order valence-electron chi connectivity index (χ0n) is 7.64. The Labute approximate surface area is 67.7 Å². The van der Waals surface area contributed by atoms with Crippen LogP contribution in [-0.4, -0.2) is 23.6 Å². The van der Waals surface area contributed by atoms with Crippen LogP contribution in [0.4, 0.5) is 4.79 Å². The van der Waals surface area contributed by atoms with E-state index in [1.54, 1.807) is 7.05 Å². The molecule has 0 unspecified atom stereocenters. The van der Waals surface area contributed by atoms with Gasteiger partial charge in [-0.05, 0) is 20.3 Å². The van der Waals surface area contributed by atoms with Crippen LogP contribution in [0.3, 0.4) is 0 Å². The van der Waals surface area contributed by atoms with Crippen molar-refractivity contribution in [2.24, 2.45) is 5.84 Å². The second kappa shape index (κ2) is 3.57. The largest absolute Gasteiger partial charge is 0.340 e. The number of hydrogen-bond donors (Lipinski definition) is 2. The van der Waals surface area contributed by atoms with Crippen LogP contribution in [0.2, 0.25) is 0 Å². The second-order valence-corrected chi connectivity index (χ2v) is 3.09. The Bertz CT molecular complexity index is 145. The van der Waals surface area contributed by atoms with Crippen molar-refractivity contribution in [1.29, 1.82) is 0 Å². The highest BCUT2D eigenvalue weighted by atomic mass is 16.2. The van der Waals surface area contributed by atoms with Crippen LogP contribution in [-0.2, 0) is 0 Å². The van der Waals surface area contributed by atoms with Crippen molar-refractivity contribution in [2.45, 2.75) is 32.7 Å². The molecule has 0 saturated heterocycles. The number of hydrogen-bond acceptors (Lipinski definition) is 2. The minimum absolute atomic E-state index is 0.253. The maximum atomic E-state index is 11.0. The summed E-state index contributed by atoms with van der Waals surface area (Å²) in [5, 5.41) is 3.68. The van der Waals surface area contributed by atoms with Crippen LogP contribution in [0.1, 0.15) is 27.2 Å². The van der Waals surface area contributed by atoms with Gasteiger partial charge in [-0.25, -0.2) is 10.6 Å². The van der Waals surface area contributed by atoms with Crippen molar-refractivity contribution >= 4 is 6.03 Å². The fourth-order valence-electron chi connectivity index (χ4n) is 0.566. The third-order valence-electron chi connectivity index (χ3n) is 1.95. The van der Waals surface area contributed by atoms with E-state index < -0.39 is 0 Å². The first kappa shape index (κ1) is 10.2. The van der Waals surface area contributed by atoms with Crippen molar-refractivity contribution in [3.05, 3.63) is 0 Å². The van der Waals surface area contributed by atoms with Gasteiger partial charge < -0.3 is 5.32 Å². The Kier molecular flexibility index (Phi) is 3.32. The molecule has 4 nitrogen and oxygen atoms in total. The topological polar surface area (TPSA) is 58.4 Å². The molecule has 0 rings (SSSR count). The van der Waals surface area contributed by atoms with Gasteiger partial charge in [0.25, 0.3) is 0 Å². The van der Waals surface area contributed by atoms with Gasteiger partial charge in [0.2, 0.25) is 0 Å². The molecular formula is C7H17N3O. The van der Waals surface area contributed by atoms with Gasteiger partial charge in [0.1, 0.15) is 0 Å². The highest BCUT2D eigenvalue weighted by molar-refractivity contribution is 5.73. The summed E-state index contributed by atoms with van der Waals surface area (Å²) < 4.78 is 0. The molecule has 0 aromatic rings. The molecule has 4 heteroatoms. The quantitative estimate of drug-likeness (QED) is 0.354. The molecule has 66 valence electrons. The summed E-state index contributed by atoms with van der Waals surface area (Å²) >= 11 is 0. The Morgan fingerprint density at radius 3 is 2.36 bits per heavy atom. The van der Waals surface area contributed by atoms with Gasteiger partial charge in [-0.2, -0.15) is 0 Å². The molecule has 0 aliphatic carbocycles. The Morgan fingerprint density at radius 2 is 2.09 bits per heavy atom. The highest BCUT2D eigenvalue weighted by Crippen LogP contribution is 2.13. The first-order valence-corrected chi connectivity index (χ1v) is 3.72. The van der Waals surface area contributed by atoms with Crippen molar-refractivity contribution < 1.29 is 4.79 Å². The zero-order valence-corrected chi connectivity index (χ0v) is 7.64. The molecule has 0 radical (unpaired) electrons. The summed E-state index contributed by atoms with van der Waals surface area (Å²) in [4.78, 5) is 11.0. The summed E-state index contributed by atoms with van der Waals surface area (Å²) in [7, 11) is 1.56. The van der Waals surface area contributed by atoms with Crippen LogP contribution in [0.5, 0.6) is 0 Å². The van der Waals surface area contributed by atoms with E-state index in [0.717, 1.165) is 6.42 Å². The van der Waals surface area contributed by atoms with Crippen LogP contribution >= 0.6 is 0 Å². The molecule has 0 heterocycles. The van der Waals surface area contributed by atoms with Crippen LogP contribution < -0.4 is 11.2 Å². The van der Waals surface area contributed by atoms with Gasteiger partial charge in [-0.1, -0.05) is 6.92 Å². The van der Waals surface area contributed by atoms with E-state index in [4.69, 9.17) is 5.84 Å². The SMILES string of the molecule is CCC(C)(C)N(N)C(=O)NC. The lowest BCUT2D eigenvalue weighted by molar-refractivity contribution is 0.134. The van der Waals surface area contributed by atoms with Crippen LogP contribution in [0, 0.1) is 0 Å².